The minimum absolute atomic E-state index is 0.0493. The van der Waals surface area contributed by atoms with Gasteiger partial charge in [0.1, 0.15) is 17.5 Å². The number of hydrogen-bond acceptors (Lipinski definition) is 6. The van der Waals surface area contributed by atoms with E-state index in [2.05, 4.69) is 25.9 Å². The summed E-state index contributed by atoms with van der Waals surface area (Å²) >= 11 is 13.2. The number of amides is 2. The van der Waals surface area contributed by atoms with Gasteiger partial charge in [-0.25, -0.2) is 14.4 Å². The lowest BCUT2D eigenvalue weighted by molar-refractivity contribution is -0.182. The normalized spacial score (nSPS) is 19.7. The molecule has 2 aliphatic rings. The molecule has 0 unspecified atom stereocenters. The molecule has 46 heavy (non-hydrogen) atoms. The van der Waals surface area contributed by atoms with E-state index in [1.165, 1.54) is 0 Å². The van der Waals surface area contributed by atoms with Crippen LogP contribution in [-0.4, -0.2) is 58.2 Å². The van der Waals surface area contributed by atoms with Crippen molar-refractivity contribution >= 4 is 63.6 Å². The third-order valence-corrected chi connectivity index (χ3v) is 9.23. The van der Waals surface area contributed by atoms with Gasteiger partial charge in [0, 0.05) is 31.1 Å². The molecule has 0 atom stereocenters. The summed E-state index contributed by atoms with van der Waals surface area (Å²) in [5.41, 5.74) is 1.30. The number of fused-ring (bicyclic) bond motifs is 1. The van der Waals surface area contributed by atoms with Gasteiger partial charge in [0.15, 0.2) is 5.65 Å². The number of pyridine rings is 1. The Hall–Kier alpha value is -3.32. The number of hydrogen-bond donors (Lipinski definition) is 4. The fourth-order valence-corrected chi connectivity index (χ4v) is 6.22. The number of aromatic amines is 1. The number of carbonyl (C=O) groups is 2. The SMILES string of the molecule is CC(C)(C)C(=O)NCc1ccc(Cl)c(Nc2nc3cc(C(=O)NC4CCC(C(F)(F)F)CC4)c(N4CCC(F)CC4)nc3[nH]2)c1Cl. The van der Waals surface area contributed by atoms with Crippen molar-refractivity contribution < 1.29 is 27.2 Å². The Balaban J connectivity index is 1.40. The Morgan fingerprint density at radius 2 is 1.70 bits per heavy atom. The zero-order valence-electron chi connectivity index (χ0n) is 25.8. The lowest BCUT2D eigenvalue weighted by Gasteiger charge is -2.32. The van der Waals surface area contributed by atoms with Crippen LogP contribution in [0.3, 0.4) is 0 Å². The first kappa shape index (κ1) is 34.0. The first-order chi connectivity index (χ1) is 21.6. The Bertz CT molecular complexity index is 1590. The molecule has 15 heteroatoms. The van der Waals surface area contributed by atoms with Gasteiger partial charge in [-0.2, -0.15) is 13.2 Å². The highest BCUT2D eigenvalue weighted by Crippen LogP contribution is 2.38. The van der Waals surface area contributed by atoms with E-state index in [0.29, 0.717) is 46.3 Å². The van der Waals surface area contributed by atoms with E-state index in [0.717, 1.165) is 0 Å². The molecule has 2 aromatic heterocycles. The summed E-state index contributed by atoms with van der Waals surface area (Å²) in [6, 6.07) is 4.52. The average Bonchev–Trinajstić information content (AvgIpc) is 3.39. The zero-order chi connectivity index (χ0) is 33.4. The monoisotopic (exact) mass is 685 g/mol. The van der Waals surface area contributed by atoms with Crippen molar-refractivity contribution in [1.82, 2.24) is 25.6 Å². The molecule has 1 aliphatic carbocycles. The van der Waals surface area contributed by atoms with Crippen LogP contribution in [0.1, 0.15) is 75.2 Å². The Kier molecular flexibility index (Phi) is 9.93. The molecule has 1 saturated carbocycles. The van der Waals surface area contributed by atoms with Crippen LogP contribution in [0, 0.1) is 11.3 Å². The summed E-state index contributed by atoms with van der Waals surface area (Å²) in [5, 5.41) is 9.43. The van der Waals surface area contributed by atoms with Crippen LogP contribution < -0.4 is 20.9 Å². The molecule has 1 aromatic carbocycles. The molecule has 0 radical (unpaired) electrons. The van der Waals surface area contributed by atoms with E-state index in [-0.39, 0.29) is 67.5 Å². The van der Waals surface area contributed by atoms with Gasteiger partial charge in [-0.15, -0.1) is 0 Å². The largest absolute Gasteiger partial charge is 0.391 e. The minimum Gasteiger partial charge on any atom is -0.356 e. The number of anilines is 3. The number of halogens is 6. The number of alkyl halides is 4. The molecule has 1 saturated heterocycles. The van der Waals surface area contributed by atoms with E-state index in [9.17, 15) is 27.2 Å². The molecule has 0 spiro atoms. The molecule has 3 heterocycles. The lowest BCUT2D eigenvalue weighted by Crippen LogP contribution is -2.41. The summed E-state index contributed by atoms with van der Waals surface area (Å²) in [6.45, 7) is 6.29. The molecular weight excluding hydrogens is 649 g/mol. The molecule has 250 valence electrons. The summed E-state index contributed by atoms with van der Waals surface area (Å²) in [5.74, 6) is -1.41. The van der Waals surface area contributed by atoms with Crippen molar-refractivity contribution in [2.75, 3.05) is 23.3 Å². The first-order valence-corrected chi connectivity index (χ1v) is 16.0. The van der Waals surface area contributed by atoms with Crippen LogP contribution in [0.4, 0.5) is 35.0 Å². The van der Waals surface area contributed by atoms with Gasteiger partial charge in [0.25, 0.3) is 5.91 Å². The maximum atomic E-state index is 14.0. The van der Waals surface area contributed by atoms with Gasteiger partial charge in [-0.1, -0.05) is 50.0 Å². The highest BCUT2D eigenvalue weighted by Gasteiger charge is 2.41. The molecular formula is C31H37Cl2F4N7O2. The van der Waals surface area contributed by atoms with Crippen LogP contribution in [0.2, 0.25) is 10.0 Å². The summed E-state index contributed by atoms with van der Waals surface area (Å²) in [7, 11) is 0. The molecule has 2 fully saturated rings. The molecule has 3 aromatic rings. The summed E-state index contributed by atoms with van der Waals surface area (Å²) in [6.07, 6.45) is -4.31. The maximum absolute atomic E-state index is 14.0. The van der Waals surface area contributed by atoms with Gasteiger partial charge in [0.2, 0.25) is 11.9 Å². The van der Waals surface area contributed by atoms with E-state index >= 15 is 0 Å². The molecule has 4 N–H and O–H groups in total. The van der Waals surface area contributed by atoms with Crippen LogP contribution in [0.5, 0.6) is 0 Å². The molecule has 5 rings (SSSR count). The predicted octanol–water partition coefficient (Wildman–Crippen LogP) is 7.46. The van der Waals surface area contributed by atoms with Crippen molar-refractivity contribution in [3.8, 4) is 0 Å². The highest BCUT2D eigenvalue weighted by atomic mass is 35.5. The molecule has 1 aliphatic heterocycles. The third-order valence-electron chi connectivity index (χ3n) is 8.48. The number of aromatic nitrogens is 3. The van der Waals surface area contributed by atoms with E-state index in [4.69, 9.17) is 28.2 Å². The van der Waals surface area contributed by atoms with Gasteiger partial charge in [-0.3, -0.25) is 9.59 Å². The topological polar surface area (TPSA) is 115 Å². The fourth-order valence-electron chi connectivity index (χ4n) is 5.69. The van der Waals surface area contributed by atoms with Crippen molar-refractivity contribution in [1.29, 1.82) is 0 Å². The lowest BCUT2D eigenvalue weighted by atomic mass is 9.85. The summed E-state index contributed by atoms with van der Waals surface area (Å²) < 4.78 is 53.5. The van der Waals surface area contributed by atoms with E-state index in [1.807, 2.05) is 4.90 Å². The predicted molar refractivity (Wildman–Crippen MR) is 171 cm³/mol. The van der Waals surface area contributed by atoms with Crippen LogP contribution in [0.25, 0.3) is 11.2 Å². The zero-order valence-corrected chi connectivity index (χ0v) is 27.3. The number of piperidine rings is 1. The second-order valence-corrected chi connectivity index (χ2v) is 13.8. The molecule has 0 bridgehead atoms. The Morgan fingerprint density at radius 1 is 1.02 bits per heavy atom. The number of carbonyl (C=O) groups excluding carboxylic acids is 2. The third kappa shape index (κ3) is 7.79. The first-order valence-electron chi connectivity index (χ1n) is 15.3. The van der Waals surface area contributed by atoms with Crippen LogP contribution >= 0.6 is 23.2 Å². The van der Waals surface area contributed by atoms with Gasteiger partial charge in [0.05, 0.1) is 27.2 Å². The summed E-state index contributed by atoms with van der Waals surface area (Å²) in [4.78, 5) is 40.1. The quantitative estimate of drug-likeness (QED) is 0.192. The van der Waals surface area contributed by atoms with Gasteiger partial charge >= 0.3 is 6.18 Å². The standard InChI is InChI=1S/C31H37Cl2F4N7O2/c1-30(2,3)28(46)38-15-16-4-9-21(32)24(23(16)33)41-29-40-22-14-20(26(42-25(22)43-29)44-12-10-18(34)11-13-44)27(45)39-19-7-5-17(6-8-19)31(35,36)37/h4,9,14,17-19H,5-8,10-13,15H2,1-3H3,(H,38,46)(H,39,45)(H2,40,41,42,43). The number of imidazole rings is 1. The van der Waals surface area contributed by atoms with Crippen molar-refractivity contribution in [3.05, 3.63) is 39.4 Å². The van der Waals surface area contributed by atoms with Crippen molar-refractivity contribution in [2.24, 2.45) is 11.3 Å². The van der Waals surface area contributed by atoms with Gasteiger partial charge < -0.3 is 25.8 Å². The number of rotatable bonds is 7. The van der Waals surface area contributed by atoms with Crippen molar-refractivity contribution in [2.45, 2.75) is 84.2 Å². The number of benzene rings is 1. The average molecular weight is 687 g/mol. The smallest absolute Gasteiger partial charge is 0.356 e. The molecule has 9 nitrogen and oxygen atoms in total. The Morgan fingerprint density at radius 3 is 2.33 bits per heavy atom. The highest BCUT2D eigenvalue weighted by molar-refractivity contribution is 6.39. The van der Waals surface area contributed by atoms with E-state index < -0.39 is 35.6 Å². The molecule has 2 amide bonds. The number of nitrogens with zero attached hydrogens (tertiary/aromatic N) is 3. The number of nitrogens with one attached hydrogen (secondary N) is 4. The minimum atomic E-state index is -4.25. The second-order valence-electron chi connectivity index (χ2n) is 13.0. The van der Waals surface area contributed by atoms with E-state index in [1.54, 1.807) is 39.0 Å². The van der Waals surface area contributed by atoms with Crippen molar-refractivity contribution in [3.63, 3.8) is 0 Å². The fraction of sp³-hybridized carbons (Fsp3) is 0.548. The number of H-pyrrole nitrogens is 1. The maximum Gasteiger partial charge on any atom is 0.391 e. The second kappa shape index (κ2) is 13.4. The van der Waals surface area contributed by atoms with Crippen LogP contribution in [0.15, 0.2) is 18.2 Å². The van der Waals surface area contributed by atoms with Crippen LogP contribution in [-0.2, 0) is 11.3 Å². The Labute approximate surface area is 274 Å². The van der Waals surface area contributed by atoms with Gasteiger partial charge in [-0.05, 0) is 56.2 Å².